The number of alkyl halides is 4. The number of nitrogens with zero attached hydrogens (tertiary/aromatic N) is 2. The predicted molar refractivity (Wildman–Crippen MR) is 150 cm³/mol. The molecule has 1 saturated carbocycles. The fourth-order valence-corrected chi connectivity index (χ4v) is 7.63. The predicted octanol–water partition coefficient (Wildman–Crippen LogP) is 7.01. The van der Waals surface area contributed by atoms with Gasteiger partial charge in [0.15, 0.2) is 0 Å². The van der Waals surface area contributed by atoms with E-state index in [1.807, 2.05) is 29.2 Å². The molecule has 6 nitrogen and oxygen atoms in total. The number of carboxylic acids is 1. The summed E-state index contributed by atoms with van der Waals surface area (Å²) in [6, 6.07) is 12.1. The van der Waals surface area contributed by atoms with Crippen molar-refractivity contribution in [2.75, 3.05) is 6.54 Å². The SMILES string of the molecule is CC(F)(c1ccc2c(c1)CCC1N(C(=O)C3CCC(C(=O)O)CC3)CCC21Cc1ccc(-c2cnoc2)cc1)C(F)(F)F. The van der Waals surface area contributed by atoms with Crippen molar-refractivity contribution in [2.24, 2.45) is 11.8 Å². The van der Waals surface area contributed by atoms with Gasteiger partial charge in [-0.1, -0.05) is 47.6 Å². The molecule has 2 fully saturated rings. The van der Waals surface area contributed by atoms with Gasteiger partial charge in [-0.05, 0) is 86.1 Å². The van der Waals surface area contributed by atoms with E-state index in [-0.39, 0.29) is 17.9 Å². The number of hydrogen-bond donors (Lipinski definition) is 1. The van der Waals surface area contributed by atoms with Crippen LogP contribution >= 0.6 is 0 Å². The minimum Gasteiger partial charge on any atom is -0.481 e. The van der Waals surface area contributed by atoms with Gasteiger partial charge in [-0.25, -0.2) is 4.39 Å². The largest absolute Gasteiger partial charge is 0.481 e. The van der Waals surface area contributed by atoms with Gasteiger partial charge in [0.2, 0.25) is 11.6 Å². The van der Waals surface area contributed by atoms with E-state index >= 15 is 0 Å². The number of carboxylic acid groups (broad SMARTS) is 1. The Morgan fingerprint density at radius 2 is 1.70 bits per heavy atom. The van der Waals surface area contributed by atoms with Gasteiger partial charge in [-0.3, -0.25) is 9.59 Å². The molecule has 1 N–H and O–H groups in total. The zero-order chi connectivity index (χ0) is 30.6. The summed E-state index contributed by atoms with van der Waals surface area (Å²) in [5.41, 5.74) is -0.0807. The van der Waals surface area contributed by atoms with Gasteiger partial charge in [-0.15, -0.1) is 0 Å². The van der Waals surface area contributed by atoms with Crippen molar-refractivity contribution in [3.05, 3.63) is 77.2 Å². The van der Waals surface area contributed by atoms with Crippen LogP contribution in [0.3, 0.4) is 0 Å². The van der Waals surface area contributed by atoms with Crippen LogP contribution in [0.1, 0.15) is 67.7 Å². The number of benzene rings is 2. The molecule has 3 atom stereocenters. The number of aromatic nitrogens is 1. The van der Waals surface area contributed by atoms with E-state index in [0.29, 0.717) is 70.4 Å². The number of amides is 1. The maximum Gasteiger partial charge on any atom is 0.426 e. The first-order valence-corrected chi connectivity index (χ1v) is 14.8. The molecule has 43 heavy (non-hydrogen) atoms. The topological polar surface area (TPSA) is 83.6 Å². The van der Waals surface area contributed by atoms with Crippen LogP contribution in [0.5, 0.6) is 0 Å². The summed E-state index contributed by atoms with van der Waals surface area (Å²) in [6.45, 7) is 1.06. The minimum absolute atomic E-state index is 0.0343. The first kappa shape index (κ1) is 29.4. The Morgan fingerprint density at radius 3 is 2.33 bits per heavy atom. The third-order valence-corrected chi connectivity index (χ3v) is 10.2. The number of carbonyl (C=O) groups excluding carboxylic acids is 1. The number of fused-ring (bicyclic) bond motifs is 3. The summed E-state index contributed by atoms with van der Waals surface area (Å²) in [5, 5.41) is 13.2. The molecule has 3 aliphatic rings. The van der Waals surface area contributed by atoms with Crippen LogP contribution in [0.25, 0.3) is 11.1 Å². The zero-order valence-electron chi connectivity index (χ0n) is 23.9. The zero-order valence-corrected chi connectivity index (χ0v) is 23.9. The number of rotatable bonds is 6. The number of carbonyl (C=O) groups is 2. The van der Waals surface area contributed by atoms with Gasteiger partial charge >= 0.3 is 12.1 Å². The second-order valence-corrected chi connectivity index (χ2v) is 12.5. The molecule has 1 aliphatic heterocycles. The second-order valence-electron chi connectivity index (χ2n) is 12.5. The van der Waals surface area contributed by atoms with Gasteiger partial charge < -0.3 is 14.5 Å². The maximum atomic E-state index is 15.0. The molecule has 2 aliphatic carbocycles. The lowest BCUT2D eigenvalue weighted by Gasteiger charge is -2.45. The molecule has 3 unspecified atom stereocenters. The molecule has 6 rings (SSSR count). The van der Waals surface area contributed by atoms with Crippen LogP contribution in [0.4, 0.5) is 17.6 Å². The van der Waals surface area contributed by atoms with Gasteiger partial charge in [0.25, 0.3) is 0 Å². The number of hydrogen-bond acceptors (Lipinski definition) is 4. The molecule has 2 aromatic carbocycles. The average molecular weight is 599 g/mol. The molecular formula is C33H34F4N2O4. The summed E-state index contributed by atoms with van der Waals surface area (Å²) in [5.74, 6) is -1.44. The van der Waals surface area contributed by atoms with Gasteiger partial charge in [-0.2, -0.15) is 13.2 Å². The highest BCUT2D eigenvalue weighted by molar-refractivity contribution is 5.81. The van der Waals surface area contributed by atoms with Crippen LogP contribution < -0.4 is 0 Å². The van der Waals surface area contributed by atoms with Crippen LogP contribution in [-0.2, 0) is 33.5 Å². The standard InChI is InChI=1S/C33H34F4N2O4/c1-31(34,33(35,36)37)26-11-12-27-24(16-26)10-13-28-32(27,17-20-2-4-21(5-3-20)25-18-38-43-19-25)14-15-39(28)29(40)22-6-8-23(9-7-22)30(41)42/h2-5,11-12,16,18-19,22-23,28H,6-10,13-15,17H2,1H3,(H,41,42). The Bertz CT molecular complexity index is 1490. The molecule has 1 aromatic heterocycles. The van der Waals surface area contributed by atoms with Crippen LogP contribution in [0.2, 0.25) is 0 Å². The summed E-state index contributed by atoms with van der Waals surface area (Å²) < 4.78 is 60.7. The minimum atomic E-state index is -5.04. The van der Waals surface area contributed by atoms with Crippen molar-refractivity contribution in [1.82, 2.24) is 10.1 Å². The Morgan fingerprint density at radius 1 is 1.00 bits per heavy atom. The van der Waals surface area contributed by atoms with Gasteiger partial charge in [0, 0.05) is 29.5 Å². The number of halogens is 4. The Hall–Kier alpha value is -3.69. The molecular weight excluding hydrogens is 564 g/mol. The normalized spacial score (nSPS) is 26.8. The lowest BCUT2D eigenvalue weighted by molar-refractivity contribution is -0.228. The van der Waals surface area contributed by atoms with E-state index in [1.165, 1.54) is 12.1 Å². The third-order valence-electron chi connectivity index (χ3n) is 10.2. The van der Waals surface area contributed by atoms with Crippen LogP contribution in [-0.4, -0.2) is 45.8 Å². The molecule has 10 heteroatoms. The molecule has 0 bridgehead atoms. The molecule has 1 amide bonds. The van der Waals surface area contributed by atoms with Crippen molar-refractivity contribution < 1.29 is 36.8 Å². The van der Waals surface area contributed by atoms with Crippen molar-refractivity contribution >= 4 is 11.9 Å². The molecule has 228 valence electrons. The first-order chi connectivity index (χ1) is 20.4. The summed E-state index contributed by atoms with van der Waals surface area (Å²) >= 11 is 0. The maximum absolute atomic E-state index is 15.0. The Kier molecular flexibility index (Phi) is 7.37. The average Bonchev–Trinajstić information content (AvgIpc) is 3.65. The van der Waals surface area contributed by atoms with Crippen LogP contribution in [0, 0.1) is 11.8 Å². The lowest BCUT2D eigenvalue weighted by Crippen LogP contribution is -2.51. The summed E-state index contributed by atoms with van der Waals surface area (Å²) in [7, 11) is 0. The van der Waals surface area contributed by atoms with Crippen molar-refractivity contribution in [2.45, 2.75) is 81.6 Å². The molecule has 2 heterocycles. The number of aliphatic carboxylic acids is 1. The molecule has 0 radical (unpaired) electrons. The van der Waals surface area contributed by atoms with E-state index in [4.69, 9.17) is 4.52 Å². The highest BCUT2D eigenvalue weighted by Gasteiger charge is 2.56. The highest BCUT2D eigenvalue weighted by Crippen LogP contribution is 2.51. The Labute approximate surface area is 247 Å². The second kappa shape index (κ2) is 10.8. The lowest BCUT2D eigenvalue weighted by atomic mass is 9.63. The van der Waals surface area contributed by atoms with E-state index < -0.39 is 34.7 Å². The van der Waals surface area contributed by atoms with Gasteiger partial charge in [0.1, 0.15) is 6.26 Å². The summed E-state index contributed by atoms with van der Waals surface area (Å²) in [6.07, 6.45) is 2.33. The van der Waals surface area contributed by atoms with Crippen molar-refractivity contribution in [1.29, 1.82) is 0 Å². The third kappa shape index (κ3) is 5.12. The van der Waals surface area contributed by atoms with Crippen molar-refractivity contribution in [3.63, 3.8) is 0 Å². The van der Waals surface area contributed by atoms with E-state index in [9.17, 15) is 32.3 Å². The number of likely N-dealkylation sites (tertiary alicyclic amines) is 1. The fraction of sp³-hybridized carbons (Fsp3) is 0.485. The monoisotopic (exact) mass is 598 g/mol. The highest BCUT2D eigenvalue weighted by atomic mass is 19.4. The smallest absolute Gasteiger partial charge is 0.426 e. The number of aryl methyl sites for hydroxylation is 1. The summed E-state index contributed by atoms with van der Waals surface area (Å²) in [4.78, 5) is 27.3. The first-order valence-electron chi connectivity index (χ1n) is 14.8. The van der Waals surface area contributed by atoms with E-state index in [2.05, 4.69) is 5.16 Å². The Balaban J connectivity index is 1.34. The molecule has 1 saturated heterocycles. The molecule has 3 aromatic rings. The van der Waals surface area contributed by atoms with Crippen LogP contribution in [0.15, 0.2) is 59.4 Å². The van der Waals surface area contributed by atoms with E-state index in [1.54, 1.807) is 18.5 Å². The quantitative estimate of drug-likeness (QED) is 0.309. The molecule has 0 spiro atoms. The van der Waals surface area contributed by atoms with Crippen molar-refractivity contribution in [3.8, 4) is 11.1 Å². The van der Waals surface area contributed by atoms with E-state index in [0.717, 1.165) is 22.3 Å². The van der Waals surface area contributed by atoms with Gasteiger partial charge in [0.05, 0.1) is 12.1 Å². The fourth-order valence-electron chi connectivity index (χ4n) is 7.63.